The third-order valence-electron chi connectivity index (χ3n) is 6.44. The number of ether oxygens (including phenoxy) is 2. The average molecular weight is 475 g/mol. The van der Waals surface area contributed by atoms with E-state index in [1.54, 1.807) is 26.4 Å². The number of hydrogen-bond acceptors (Lipinski definition) is 7. The van der Waals surface area contributed by atoms with Crippen molar-refractivity contribution in [1.82, 2.24) is 24.3 Å². The second-order valence-electron chi connectivity index (χ2n) is 8.83. The number of piperidine rings is 1. The molecule has 3 aromatic heterocycles. The van der Waals surface area contributed by atoms with Gasteiger partial charge in [0.2, 0.25) is 0 Å². The summed E-state index contributed by atoms with van der Waals surface area (Å²) in [5.74, 6) is 1.67. The van der Waals surface area contributed by atoms with Crippen molar-refractivity contribution in [2.45, 2.75) is 26.2 Å². The molecule has 1 aromatic carbocycles. The Morgan fingerprint density at radius 2 is 1.94 bits per heavy atom. The van der Waals surface area contributed by atoms with Crippen LogP contribution in [0.3, 0.4) is 0 Å². The monoisotopic (exact) mass is 474 g/mol. The van der Waals surface area contributed by atoms with Gasteiger partial charge in [-0.3, -0.25) is 9.78 Å². The van der Waals surface area contributed by atoms with Crippen LogP contribution in [0.1, 0.15) is 25.3 Å². The van der Waals surface area contributed by atoms with Crippen LogP contribution >= 0.6 is 0 Å². The van der Waals surface area contributed by atoms with Crippen molar-refractivity contribution in [2.24, 2.45) is 5.92 Å². The van der Waals surface area contributed by atoms with Gasteiger partial charge >= 0.3 is 5.97 Å². The molecule has 0 aliphatic carbocycles. The molecular formula is C26H30N6O3. The number of fused-ring (bicyclic) bond motifs is 1. The topological polar surface area (TPSA) is 87.3 Å². The summed E-state index contributed by atoms with van der Waals surface area (Å²) in [4.78, 5) is 23.4. The number of esters is 1. The number of anilines is 1. The Morgan fingerprint density at radius 3 is 2.74 bits per heavy atom. The Hall–Kier alpha value is -3.72. The molecule has 1 fully saturated rings. The van der Waals surface area contributed by atoms with Crippen molar-refractivity contribution in [3.05, 3.63) is 60.8 Å². The first-order valence-corrected chi connectivity index (χ1v) is 12.0. The van der Waals surface area contributed by atoms with Crippen molar-refractivity contribution in [1.29, 1.82) is 0 Å². The molecule has 5 rings (SSSR count). The van der Waals surface area contributed by atoms with E-state index in [1.165, 1.54) is 5.69 Å². The molecule has 4 heterocycles. The molecule has 0 N–H and O–H groups in total. The minimum absolute atomic E-state index is 0.225. The maximum atomic E-state index is 11.8. The second-order valence-corrected chi connectivity index (χ2v) is 8.83. The highest BCUT2D eigenvalue weighted by atomic mass is 16.5. The molecule has 182 valence electrons. The van der Waals surface area contributed by atoms with Gasteiger partial charge in [-0.1, -0.05) is 0 Å². The number of carbonyl (C=O) groups excluding carboxylic acids is 1. The van der Waals surface area contributed by atoms with E-state index in [0.29, 0.717) is 24.2 Å². The lowest BCUT2D eigenvalue weighted by molar-refractivity contribution is -0.142. The molecule has 0 bridgehead atoms. The van der Waals surface area contributed by atoms with Crippen LogP contribution in [0.15, 0.2) is 55.2 Å². The second kappa shape index (κ2) is 10.3. The normalized spacial score (nSPS) is 14.5. The quantitative estimate of drug-likeness (QED) is 0.361. The molecule has 0 radical (unpaired) electrons. The van der Waals surface area contributed by atoms with Crippen molar-refractivity contribution in [3.63, 3.8) is 0 Å². The molecule has 0 amide bonds. The van der Waals surface area contributed by atoms with Crippen molar-refractivity contribution in [2.75, 3.05) is 38.3 Å². The van der Waals surface area contributed by atoms with Gasteiger partial charge in [0.15, 0.2) is 11.6 Å². The van der Waals surface area contributed by atoms with Gasteiger partial charge in [0.05, 0.1) is 37.1 Å². The number of carbonyl (C=O) groups is 1. The minimum Gasteiger partial charge on any atom is -0.466 e. The van der Waals surface area contributed by atoms with Gasteiger partial charge in [0.25, 0.3) is 0 Å². The van der Waals surface area contributed by atoms with Crippen LogP contribution < -0.4 is 4.90 Å². The predicted octanol–water partition coefficient (Wildman–Crippen LogP) is 3.57. The molecule has 9 heteroatoms. The molecule has 0 unspecified atom stereocenters. The molecular weight excluding hydrogens is 444 g/mol. The van der Waals surface area contributed by atoms with Gasteiger partial charge in [-0.2, -0.15) is 5.10 Å². The SMILES string of the molecule is CCOC(=O)Cc1ccn(-c2cncc(-n3ncc4ccc(N5CCC(COC)CC5)cc43)n2)c1. The first-order valence-electron chi connectivity index (χ1n) is 12.0. The number of nitrogens with zero attached hydrogens (tertiary/aromatic N) is 6. The maximum Gasteiger partial charge on any atom is 0.310 e. The van der Waals surface area contributed by atoms with Crippen molar-refractivity contribution in [3.8, 4) is 11.6 Å². The van der Waals surface area contributed by atoms with Crippen molar-refractivity contribution < 1.29 is 14.3 Å². The fourth-order valence-corrected chi connectivity index (χ4v) is 4.62. The number of rotatable bonds is 8. The summed E-state index contributed by atoms with van der Waals surface area (Å²) in [6.45, 7) is 5.05. The van der Waals surface area contributed by atoms with E-state index < -0.39 is 0 Å². The van der Waals surface area contributed by atoms with E-state index in [1.807, 2.05) is 33.9 Å². The Labute approximate surface area is 204 Å². The molecule has 0 spiro atoms. The van der Waals surface area contributed by atoms with Crippen LogP contribution in [0.2, 0.25) is 0 Å². The summed E-state index contributed by atoms with van der Waals surface area (Å²) in [5.41, 5.74) is 3.04. The molecule has 4 aromatic rings. The van der Waals surface area contributed by atoms with Crippen LogP contribution in [-0.4, -0.2) is 63.7 Å². The van der Waals surface area contributed by atoms with Gasteiger partial charge in [-0.15, -0.1) is 0 Å². The summed E-state index contributed by atoms with van der Waals surface area (Å²) in [7, 11) is 1.78. The molecule has 9 nitrogen and oxygen atoms in total. The average Bonchev–Trinajstić information content (AvgIpc) is 3.52. The van der Waals surface area contributed by atoms with E-state index in [0.717, 1.165) is 49.0 Å². The Bertz CT molecular complexity index is 1310. The Morgan fingerprint density at radius 1 is 1.11 bits per heavy atom. The lowest BCUT2D eigenvalue weighted by atomic mass is 9.97. The van der Waals surface area contributed by atoms with E-state index >= 15 is 0 Å². The highest BCUT2D eigenvalue weighted by Gasteiger charge is 2.20. The van der Waals surface area contributed by atoms with Gasteiger partial charge in [0.1, 0.15) is 0 Å². The van der Waals surface area contributed by atoms with E-state index in [4.69, 9.17) is 14.5 Å². The molecule has 0 saturated carbocycles. The summed E-state index contributed by atoms with van der Waals surface area (Å²) in [5, 5.41) is 5.65. The lowest BCUT2D eigenvalue weighted by Gasteiger charge is -2.33. The van der Waals surface area contributed by atoms with Crippen LogP contribution in [0, 0.1) is 5.92 Å². The van der Waals surface area contributed by atoms with E-state index in [2.05, 4.69) is 33.2 Å². The number of methoxy groups -OCH3 is 1. The highest BCUT2D eigenvalue weighted by molar-refractivity contribution is 5.83. The highest BCUT2D eigenvalue weighted by Crippen LogP contribution is 2.28. The first-order chi connectivity index (χ1) is 17.1. The molecule has 1 aliphatic heterocycles. The predicted molar refractivity (Wildman–Crippen MR) is 133 cm³/mol. The Kier molecular flexibility index (Phi) is 6.76. The summed E-state index contributed by atoms with van der Waals surface area (Å²) in [6, 6.07) is 8.34. The fraction of sp³-hybridized carbons (Fsp3) is 0.385. The van der Waals surface area contributed by atoms with Gasteiger partial charge in [0, 0.05) is 50.3 Å². The fourth-order valence-electron chi connectivity index (χ4n) is 4.62. The van der Waals surface area contributed by atoms with Crippen LogP contribution in [0.25, 0.3) is 22.5 Å². The van der Waals surface area contributed by atoms with Crippen LogP contribution in [-0.2, 0) is 20.7 Å². The number of aromatic nitrogens is 5. The standard InChI is InChI=1S/C26H30N6O3/c1-3-35-26(33)12-20-8-11-31(17-20)24-15-27-16-25(29-24)32-23-13-22(5-4-21(23)14-28-32)30-9-6-19(7-10-30)18-34-2/h4-5,8,11,13-17,19H,3,6-7,9-10,12,18H2,1-2H3. The molecule has 35 heavy (non-hydrogen) atoms. The Balaban J connectivity index is 1.38. The lowest BCUT2D eigenvalue weighted by Crippen LogP contribution is -2.34. The third-order valence-corrected chi connectivity index (χ3v) is 6.44. The summed E-state index contributed by atoms with van der Waals surface area (Å²) in [6.07, 6.45) is 11.5. The number of hydrogen-bond donors (Lipinski definition) is 0. The zero-order chi connectivity index (χ0) is 24.2. The maximum absolute atomic E-state index is 11.8. The van der Waals surface area contributed by atoms with Gasteiger partial charge < -0.3 is 18.9 Å². The first kappa shape index (κ1) is 23.0. The molecule has 0 atom stereocenters. The zero-order valence-corrected chi connectivity index (χ0v) is 20.1. The van der Waals surface area contributed by atoms with Crippen LogP contribution in [0.4, 0.5) is 5.69 Å². The summed E-state index contributed by atoms with van der Waals surface area (Å²) >= 11 is 0. The number of benzene rings is 1. The van der Waals surface area contributed by atoms with Crippen LogP contribution in [0.5, 0.6) is 0 Å². The third kappa shape index (κ3) is 5.05. The smallest absolute Gasteiger partial charge is 0.310 e. The largest absolute Gasteiger partial charge is 0.466 e. The summed E-state index contributed by atoms with van der Waals surface area (Å²) < 4.78 is 14.1. The molecule has 1 saturated heterocycles. The van der Waals surface area contributed by atoms with Gasteiger partial charge in [-0.05, 0) is 55.5 Å². The molecule has 1 aliphatic rings. The zero-order valence-electron chi connectivity index (χ0n) is 20.1. The van der Waals surface area contributed by atoms with Gasteiger partial charge in [-0.25, -0.2) is 9.67 Å². The minimum atomic E-state index is -0.244. The van der Waals surface area contributed by atoms with E-state index in [9.17, 15) is 4.79 Å². The van der Waals surface area contributed by atoms with E-state index in [-0.39, 0.29) is 12.4 Å². The van der Waals surface area contributed by atoms with Crippen molar-refractivity contribution >= 4 is 22.6 Å².